The van der Waals surface area contributed by atoms with Gasteiger partial charge in [-0.25, -0.2) is 27.8 Å². The molecule has 1 saturated heterocycles. The van der Waals surface area contributed by atoms with Crippen molar-refractivity contribution in [3.8, 4) is 0 Å². The minimum Gasteiger partial charge on any atom is -0.443 e. The highest BCUT2D eigenvalue weighted by Gasteiger charge is 2.35. The van der Waals surface area contributed by atoms with Gasteiger partial charge in [-0.05, 0) is 77.8 Å². The predicted octanol–water partition coefficient (Wildman–Crippen LogP) is 4.16. The molecule has 0 aliphatic carbocycles. The molecule has 0 aromatic carbocycles. The van der Waals surface area contributed by atoms with Crippen molar-refractivity contribution < 1.29 is 39.8 Å². The predicted molar refractivity (Wildman–Crippen MR) is 136 cm³/mol. The standard InChI is InChI=1S/C10H17NO3.C10H15NO3.2HOPS/c2*1-7-5-6-8(12)11(7)9(13)14-10(2,3)4;2*1-3-2/h7H,5-6H2,1-4H3;5-7H,1-4H3;2*2H/t2*7-;;/m11../s1/i2*1T;;. The molecule has 0 unspecified atom stereocenters. The summed E-state index contributed by atoms with van der Waals surface area (Å²) in [5, 5.41) is 0. The van der Waals surface area contributed by atoms with Crippen molar-refractivity contribution in [1.82, 2.24) is 9.80 Å². The summed E-state index contributed by atoms with van der Waals surface area (Å²) < 4.78 is 42.1. The lowest BCUT2D eigenvalue weighted by atomic mass is 10.2. The molecule has 0 bridgehead atoms. The van der Waals surface area contributed by atoms with Crippen LogP contribution in [0.5, 0.6) is 0 Å². The fourth-order valence-electron chi connectivity index (χ4n) is 2.36. The van der Waals surface area contributed by atoms with Crippen LogP contribution in [0.15, 0.2) is 12.2 Å². The van der Waals surface area contributed by atoms with Gasteiger partial charge in [-0.2, -0.15) is 0 Å². The Bertz CT molecular complexity index is 844. The highest BCUT2D eigenvalue weighted by atomic mass is 32.4. The van der Waals surface area contributed by atoms with Gasteiger partial charge in [0.2, 0.25) is 5.91 Å². The third-order valence-electron chi connectivity index (χ3n) is 3.54. The maximum Gasteiger partial charge on any atom is 0.417 e. The van der Waals surface area contributed by atoms with Gasteiger partial charge in [-0.3, -0.25) is 9.59 Å². The Labute approximate surface area is 214 Å². The second-order valence-corrected chi connectivity index (χ2v) is 10.1. The van der Waals surface area contributed by atoms with E-state index in [1.54, 1.807) is 47.6 Å². The van der Waals surface area contributed by atoms with Crippen molar-refractivity contribution in [2.24, 2.45) is 0 Å². The number of carbonyl (C=O) groups excluding carboxylic acids is 4. The van der Waals surface area contributed by atoms with E-state index < -0.39 is 35.3 Å². The van der Waals surface area contributed by atoms with Gasteiger partial charge in [0.25, 0.3) is 5.91 Å². The topological polar surface area (TPSA) is 127 Å². The normalized spacial score (nSPS) is 19.7. The molecule has 0 radical (unpaired) electrons. The lowest BCUT2D eigenvalue weighted by Gasteiger charge is -2.25. The number of carbonyl (C=O) groups is 4. The molecule has 2 aliphatic rings. The molecule has 0 N–H and O–H groups in total. The smallest absolute Gasteiger partial charge is 0.417 e. The SMILES string of the molecule is O=S=P.O=S=P.[3H]C[C@@H]1C=CC(=O)N1C(=O)OC(C)(C)C.[3H]C[C@@H]1CCC(=O)N1C(=O)OC(C)(C)C. The summed E-state index contributed by atoms with van der Waals surface area (Å²) >= 11 is 0. The fourth-order valence-corrected chi connectivity index (χ4v) is 2.36. The highest BCUT2D eigenvalue weighted by Crippen LogP contribution is 2.21. The summed E-state index contributed by atoms with van der Waals surface area (Å²) in [6.45, 7) is 10.5. The lowest BCUT2D eigenvalue weighted by Crippen LogP contribution is -2.41. The first-order chi connectivity index (χ1) is 16.5. The molecule has 2 rings (SSSR count). The number of hydrogen-bond donors (Lipinski definition) is 0. The van der Waals surface area contributed by atoms with Crippen LogP contribution in [-0.4, -0.2) is 65.5 Å². The van der Waals surface area contributed by atoms with Crippen molar-refractivity contribution in [3.63, 3.8) is 0 Å². The molecule has 2 atom stereocenters. The van der Waals surface area contributed by atoms with Crippen molar-refractivity contribution in [3.05, 3.63) is 12.2 Å². The Balaban J connectivity index is 0. The van der Waals surface area contributed by atoms with E-state index in [0.29, 0.717) is 34.5 Å². The number of hydrogen-bond acceptors (Lipinski definition) is 8. The zero-order chi connectivity index (χ0) is 28.7. The quantitative estimate of drug-likeness (QED) is 0.404. The molecule has 2 aliphatic heterocycles. The van der Waals surface area contributed by atoms with E-state index in [1.165, 1.54) is 6.08 Å². The van der Waals surface area contributed by atoms with E-state index in [1.807, 2.05) is 0 Å². The first-order valence-electron chi connectivity index (χ1n) is 11.2. The van der Waals surface area contributed by atoms with E-state index in [4.69, 9.17) is 20.6 Å². The molecule has 0 saturated carbocycles. The van der Waals surface area contributed by atoms with E-state index in [0.717, 1.165) is 9.80 Å². The van der Waals surface area contributed by atoms with Crippen molar-refractivity contribution >= 4 is 61.7 Å². The third kappa shape index (κ3) is 14.5. The number of imide groups is 2. The van der Waals surface area contributed by atoms with Gasteiger partial charge in [0.1, 0.15) is 32.9 Å². The molecule has 4 amide bonds. The minimum absolute atomic E-state index is 0.0402. The van der Waals surface area contributed by atoms with Crippen LogP contribution in [0.3, 0.4) is 0 Å². The van der Waals surface area contributed by atoms with Gasteiger partial charge < -0.3 is 9.47 Å². The summed E-state index contributed by atoms with van der Waals surface area (Å²) in [6, 6.07) is -0.806. The van der Waals surface area contributed by atoms with Gasteiger partial charge in [-0.15, -0.1) is 0 Å². The van der Waals surface area contributed by atoms with Crippen LogP contribution in [-0.2, 0) is 40.8 Å². The maximum absolute atomic E-state index is 11.6. The van der Waals surface area contributed by atoms with Crippen molar-refractivity contribution in [1.29, 1.82) is 0 Å². The van der Waals surface area contributed by atoms with Crippen LogP contribution in [0, 0.1) is 0 Å². The molecule has 1 fully saturated rings. The molecule has 0 aromatic heterocycles. The van der Waals surface area contributed by atoms with Gasteiger partial charge in [-0.1, -0.05) is 6.08 Å². The number of rotatable bonds is 0. The molecule has 194 valence electrons. The lowest BCUT2D eigenvalue weighted by molar-refractivity contribution is -0.128. The summed E-state index contributed by atoms with van der Waals surface area (Å²) in [7, 11) is 5.70. The van der Waals surface area contributed by atoms with Crippen LogP contribution >= 0.6 is 16.0 Å². The zero-order valence-corrected chi connectivity index (χ0v) is 23.7. The summed E-state index contributed by atoms with van der Waals surface area (Å²) in [6.07, 6.45) is 2.43. The number of likely N-dealkylation sites (tertiary alicyclic amines) is 1. The fraction of sp³-hybridized carbons (Fsp3) is 0.700. The molecular formula is C20H34N2O8P2S2. The number of ether oxygens (including phenoxy) is 2. The van der Waals surface area contributed by atoms with Gasteiger partial charge in [0.05, 0.1) is 6.04 Å². The van der Waals surface area contributed by atoms with Crippen molar-refractivity contribution in [2.45, 2.75) is 91.5 Å². The van der Waals surface area contributed by atoms with Gasteiger partial charge >= 0.3 is 12.2 Å². The van der Waals surface area contributed by atoms with Crippen LogP contribution in [0.2, 0.25) is 0 Å². The minimum atomic E-state index is -0.685. The number of amides is 4. The summed E-state index contributed by atoms with van der Waals surface area (Å²) in [5.41, 5.74) is -1.24. The molecule has 0 aromatic rings. The third-order valence-corrected chi connectivity index (χ3v) is 3.54. The molecule has 34 heavy (non-hydrogen) atoms. The summed E-state index contributed by atoms with van der Waals surface area (Å²) in [5.74, 6) is -0.650. The monoisotopic (exact) mass is 560 g/mol. The average Bonchev–Trinajstić information content (AvgIpc) is 3.29. The van der Waals surface area contributed by atoms with Crippen LogP contribution in [0.4, 0.5) is 9.59 Å². The maximum atomic E-state index is 11.6. The van der Waals surface area contributed by atoms with Gasteiger partial charge in [0, 0.05) is 21.3 Å². The Morgan fingerprint density at radius 1 is 0.971 bits per heavy atom. The van der Waals surface area contributed by atoms with E-state index in [-0.39, 0.29) is 25.7 Å². The van der Waals surface area contributed by atoms with E-state index in [9.17, 15) is 19.2 Å². The Hall–Kier alpha value is -1.74. The highest BCUT2D eigenvalue weighted by molar-refractivity contribution is 7.93. The Kier molecular flexibility index (Phi) is 14.3. The van der Waals surface area contributed by atoms with Gasteiger partial charge in [0.15, 0.2) is 0 Å². The van der Waals surface area contributed by atoms with Crippen molar-refractivity contribution in [2.75, 3.05) is 0 Å². The number of nitrogens with zero attached hydrogens (tertiary/aromatic N) is 2. The van der Waals surface area contributed by atoms with E-state index in [2.05, 4.69) is 16.0 Å². The average molecular weight is 561 g/mol. The molecule has 2 heterocycles. The van der Waals surface area contributed by atoms with Crippen LogP contribution in [0.25, 0.3) is 0 Å². The molecular weight excluding hydrogens is 522 g/mol. The second-order valence-electron chi connectivity index (χ2n) is 8.72. The summed E-state index contributed by atoms with van der Waals surface area (Å²) in [4.78, 5) is 48.0. The second kappa shape index (κ2) is 16.0. The molecule has 0 spiro atoms. The van der Waals surface area contributed by atoms with E-state index >= 15 is 0 Å². The first-order valence-corrected chi connectivity index (χ1v) is 13.8. The Morgan fingerprint density at radius 2 is 1.41 bits per heavy atom. The zero-order valence-electron chi connectivity index (χ0n) is 22.1. The van der Waals surface area contributed by atoms with Crippen LogP contribution < -0.4 is 0 Å². The molecule has 14 heteroatoms. The first kappa shape index (κ1) is 30.3. The van der Waals surface area contributed by atoms with Crippen LogP contribution in [0.1, 0.15) is 70.9 Å². The molecule has 10 nitrogen and oxygen atoms in total. The largest absolute Gasteiger partial charge is 0.443 e. The Morgan fingerprint density at radius 3 is 1.79 bits per heavy atom.